The normalized spacial score (nSPS) is 24.6. The maximum Gasteiger partial charge on any atom is 0.0802 e. The average Bonchev–Trinajstić information content (AvgIpc) is 3.05. The van der Waals surface area contributed by atoms with Gasteiger partial charge in [0.15, 0.2) is 0 Å². The third-order valence-electron chi connectivity index (χ3n) is 5.32. The lowest BCUT2D eigenvalue weighted by molar-refractivity contribution is -0.106. The van der Waals surface area contributed by atoms with E-state index in [4.69, 9.17) is 4.74 Å². The fourth-order valence-corrected chi connectivity index (χ4v) is 3.48. The summed E-state index contributed by atoms with van der Waals surface area (Å²) in [5.74, 6) is 0. The molecule has 6 heteroatoms. The number of aryl methyl sites for hydroxylation is 1. The molecule has 0 saturated carbocycles. The number of hydrogen-bond acceptors (Lipinski definition) is 5. The zero-order valence-corrected chi connectivity index (χ0v) is 15.3. The summed E-state index contributed by atoms with van der Waals surface area (Å²) in [6.07, 6.45) is 1.82. The number of aliphatic hydroxyl groups excluding tert-OH is 1. The van der Waals surface area contributed by atoms with Crippen LogP contribution in [0.1, 0.15) is 12.5 Å². The number of likely N-dealkylation sites (N-methyl/N-ethyl adjacent to an activating group) is 1. The molecule has 0 aliphatic carbocycles. The van der Waals surface area contributed by atoms with Crippen LogP contribution in [0.15, 0.2) is 36.5 Å². The minimum absolute atomic E-state index is 0.0736. The molecule has 0 unspecified atom stereocenters. The maximum atomic E-state index is 9.99. The largest absolute Gasteiger partial charge is 0.394 e. The highest BCUT2D eigenvalue weighted by molar-refractivity contribution is 5.63. The molecule has 1 aliphatic rings. The Morgan fingerprint density at radius 2 is 2.12 bits per heavy atom. The topological polar surface area (TPSA) is 62.6 Å². The zero-order chi connectivity index (χ0) is 17.9. The van der Waals surface area contributed by atoms with Crippen LogP contribution in [-0.2, 0) is 18.3 Å². The lowest BCUT2D eigenvalue weighted by Gasteiger charge is -2.47. The minimum atomic E-state index is -0.376. The first-order valence-corrected chi connectivity index (χ1v) is 8.76. The van der Waals surface area contributed by atoms with Crippen molar-refractivity contribution in [2.45, 2.75) is 25.0 Å². The predicted molar refractivity (Wildman–Crippen MR) is 98.2 cm³/mol. The minimum Gasteiger partial charge on any atom is -0.394 e. The van der Waals surface area contributed by atoms with Crippen molar-refractivity contribution in [3.05, 3.63) is 42.1 Å². The van der Waals surface area contributed by atoms with Gasteiger partial charge in [-0.3, -0.25) is 9.58 Å². The molecular weight excluding hydrogens is 316 g/mol. The maximum absolute atomic E-state index is 9.99. The number of nitrogens with zero attached hydrogens (tertiary/aromatic N) is 3. The number of aromatic nitrogens is 2. The van der Waals surface area contributed by atoms with Crippen molar-refractivity contribution in [3.8, 4) is 11.3 Å². The summed E-state index contributed by atoms with van der Waals surface area (Å²) >= 11 is 0. The van der Waals surface area contributed by atoms with E-state index in [-0.39, 0.29) is 12.1 Å². The summed E-state index contributed by atoms with van der Waals surface area (Å²) in [5.41, 5.74) is 3.11. The Morgan fingerprint density at radius 3 is 2.84 bits per heavy atom. The average molecular weight is 344 g/mol. The predicted octanol–water partition coefficient (Wildman–Crippen LogP) is 1.26. The smallest absolute Gasteiger partial charge is 0.0802 e. The van der Waals surface area contributed by atoms with Crippen molar-refractivity contribution in [2.75, 3.05) is 33.4 Å². The lowest BCUT2D eigenvalue weighted by Crippen LogP contribution is -2.65. The van der Waals surface area contributed by atoms with Gasteiger partial charge in [0.25, 0.3) is 0 Å². The van der Waals surface area contributed by atoms with E-state index in [1.165, 1.54) is 11.1 Å². The molecule has 136 valence electrons. The molecule has 25 heavy (non-hydrogen) atoms. The van der Waals surface area contributed by atoms with Crippen LogP contribution in [-0.4, -0.2) is 64.8 Å². The van der Waals surface area contributed by atoms with Gasteiger partial charge >= 0.3 is 0 Å². The Labute approximate surface area is 149 Å². The third-order valence-corrected chi connectivity index (χ3v) is 5.32. The van der Waals surface area contributed by atoms with Gasteiger partial charge < -0.3 is 15.2 Å². The van der Waals surface area contributed by atoms with E-state index in [1.54, 1.807) is 0 Å². The van der Waals surface area contributed by atoms with Gasteiger partial charge in [-0.25, -0.2) is 0 Å². The van der Waals surface area contributed by atoms with Crippen molar-refractivity contribution in [1.82, 2.24) is 20.0 Å². The second kappa shape index (κ2) is 7.66. The van der Waals surface area contributed by atoms with E-state index in [9.17, 15) is 5.11 Å². The van der Waals surface area contributed by atoms with Crippen LogP contribution in [0, 0.1) is 0 Å². The zero-order valence-electron chi connectivity index (χ0n) is 15.3. The summed E-state index contributed by atoms with van der Waals surface area (Å²) in [4.78, 5) is 2.23. The molecule has 1 aromatic carbocycles. The molecular formula is C19H28N4O2. The van der Waals surface area contributed by atoms with Crippen LogP contribution in [0.5, 0.6) is 0 Å². The molecule has 2 atom stereocenters. The Kier molecular flexibility index (Phi) is 5.54. The number of ether oxygens (including phenoxy) is 1. The van der Waals surface area contributed by atoms with Crippen LogP contribution in [0.3, 0.4) is 0 Å². The molecule has 1 fully saturated rings. The van der Waals surface area contributed by atoms with Gasteiger partial charge in [0.05, 0.1) is 31.1 Å². The number of morpholine rings is 1. The standard InChI is InChI=1S/C19H28N4O2/c1-15-11-25-14-19(13-24,22(15)2)12-20-10-16-6-4-5-7-17(16)18-8-9-21-23(18)3/h4-9,15,20,24H,10-14H2,1-3H3/t15-,19+/m1/s1. The van der Waals surface area contributed by atoms with Crippen LogP contribution in [0.4, 0.5) is 0 Å². The molecule has 1 aromatic heterocycles. The van der Waals surface area contributed by atoms with Gasteiger partial charge in [-0.1, -0.05) is 24.3 Å². The number of rotatable bonds is 6. The lowest BCUT2D eigenvalue weighted by atomic mass is 9.95. The fourth-order valence-electron chi connectivity index (χ4n) is 3.48. The van der Waals surface area contributed by atoms with Gasteiger partial charge in [0.1, 0.15) is 0 Å². The first-order chi connectivity index (χ1) is 12.1. The summed E-state index contributed by atoms with van der Waals surface area (Å²) < 4.78 is 7.59. The number of benzene rings is 1. The van der Waals surface area contributed by atoms with E-state index in [1.807, 2.05) is 30.1 Å². The third kappa shape index (κ3) is 3.62. The molecule has 1 aliphatic heterocycles. The van der Waals surface area contributed by atoms with Crippen molar-refractivity contribution < 1.29 is 9.84 Å². The summed E-state index contributed by atoms with van der Waals surface area (Å²) in [6.45, 7) is 4.85. The summed E-state index contributed by atoms with van der Waals surface area (Å²) in [5, 5.41) is 17.8. The van der Waals surface area contributed by atoms with Gasteiger partial charge in [-0.15, -0.1) is 0 Å². The second-order valence-electron chi connectivity index (χ2n) is 6.96. The highest BCUT2D eigenvalue weighted by atomic mass is 16.5. The molecule has 2 aromatic rings. The molecule has 2 heterocycles. The van der Waals surface area contributed by atoms with E-state index in [2.05, 4.69) is 47.5 Å². The SMILES string of the molecule is C[C@@H]1COC[C@@](CO)(CNCc2ccccc2-c2ccnn2C)N1C. The van der Waals surface area contributed by atoms with Crippen LogP contribution in [0.25, 0.3) is 11.3 Å². The Bertz CT molecular complexity index is 702. The number of aliphatic hydroxyl groups is 1. The van der Waals surface area contributed by atoms with Crippen LogP contribution in [0.2, 0.25) is 0 Å². The van der Waals surface area contributed by atoms with E-state index in [0.29, 0.717) is 25.8 Å². The van der Waals surface area contributed by atoms with E-state index in [0.717, 1.165) is 12.2 Å². The van der Waals surface area contributed by atoms with E-state index < -0.39 is 0 Å². The molecule has 6 nitrogen and oxygen atoms in total. The van der Waals surface area contributed by atoms with E-state index >= 15 is 0 Å². The fraction of sp³-hybridized carbons (Fsp3) is 0.526. The first-order valence-electron chi connectivity index (χ1n) is 8.76. The second-order valence-corrected chi connectivity index (χ2v) is 6.96. The van der Waals surface area contributed by atoms with Gasteiger partial charge in [-0.2, -0.15) is 5.10 Å². The molecule has 3 rings (SSSR count). The Balaban J connectivity index is 1.71. The molecule has 0 bridgehead atoms. The van der Waals surface area contributed by atoms with Crippen molar-refractivity contribution in [1.29, 1.82) is 0 Å². The Hall–Kier alpha value is -1.73. The summed E-state index contributed by atoms with van der Waals surface area (Å²) in [7, 11) is 4.02. The van der Waals surface area contributed by atoms with Crippen molar-refractivity contribution in [3.63, 3.8) is 0 Å². The quantitative estimate of drug-likeness (QED) is 0.826. The van der Waals surface area contributed by atoms with Crippen LogP contribution >= 0.6 is 0 Å². The monoisotopic (exact) mass is 344 g/mol. The van der Waals surface area contributed by atoms with Crippen molar-refractivity contribution in [2.24, 2.45) is 7.05 Å². The molecule has 0 spiro atoms. The van der Waals surface area contributed by atoms with Gasteiger partial charge in [0.2, 0.25) is 0 Å². The van der Waals surface area contributed by atoms with Crippen molar-refractivity contribution >= 4 is 0 Å². The van der Waals surface area contributed by atoms with Gasteiger partial charge in [-0.05, 0) is 25.6 Å². The van der Waals surface area contributed by atoms with Gasteiger partial charge in [0, 0.05) is 37.9 Å². The van der Waals surface area contributed by atoms with Crippen LogP contribution < -0.4 is 5.32 Å². The number of nitrogens with one attached hydrogen (secondary N) is 1. The highest BCUT2D eigenvalue weighted by Crippen LogP contribution is 2.24. The molecule has 2 N–H and O–H groups in total. The molecule has 0 amide bonds. The molecule has 1 saturated heterocycles. The first kappa shape index (κ1) is 18.1. The Morgan fingerprint density at radius 1 is 1.32 bits per heavy atom. The summed E-state index contributed by atoms with van der Waals surface area (Å²) in [6, 6.07) is 10.7. The number of hydrogen-bond donors (Lipinski definition) is 2. The highest BCUT2D eigenvalue weighted by Gasteiger charge is 2.40. The molecule has 0 radical (unpaired) electrons.